The van der Waals surface area contributed by atoms with Crippen LogP contribution in [0.25, 0.3) is 0 Å². The molecule has 3 rings (SSSR count). The predicted octanol–water partition coefficient (Wildman–Crippen LogP) is 3.78. The van der Waals surface area contributed by atoms with E-state index in [1.54, 1.807) is 19.2 Å². The largest absolute Gasteiger partial charge is 0.508 e. The zero-order valence-corrected chi connectivity index (χ0v) is 13.0. The maximum Gasteiger partial charge on any atom is 0.119 e. The van der Waals surface area contributed by atoms with Crippen LogP contribution in [0.5, 0.6) is 11.5 Å². The van der Waals surface area contributed by atoms with Crippen molar-refractivity contribution in [2.45, 2.75) is 25.3 Å². The molecule has 1 saturated heterocycles. The maximum absolute atomic E-state index is 9.39. The molecule has 1 N–H and O–H groups in total. The summed E-state index contributed by atoms with van der Waals surface area (Å²) in [6.45, 7) is 3.21. The van der Waals surface area contributed by atoms with E-state index < -0.39 is 0 Å². The molecule has 2 aromatic rings. The van der Waals surface area contributed by atoms with Gasteiger partial charge in [-0.2, -0.15) is 0 Å². The van der Waals surface area contributed by atoms with Crippen LogP contribution in [-0.2, 0) is 6.54 Å². The number of ether oxygens (including phenoxy) is 1. The molecule has 0 aromatic heterocycles. The molecule has 3 heteroatoms. The quantitative estimate of drug-likeness (QED) is 0.932. The Morgan fingerprint density at radius 1 is 1.09 bits per heavy atom. The Balaban J connectivity index is 1.56. The second kappa shape index (κ2) is 6.84. The SMILES string of the molecule is COc1cccc(CN2CCC(c3ccc(O)cc3)CC2)c1. The Morgan fingerprint density at radius 3 is 2.50 bits per heavy atom. The number of aromatic hydroxyl groups is 1. The Labute approximate surface area is 132 Å². The summed E-state index contributed by atoms with van der Waals surface area (Å²) in [7, 11) is 1.71. The Kier molecular flexibility index (Phi) is 4.64. The van der Waals surface area contributed by atoms with Crippen LogP contribution in [-0.4, -0.2) is 30.2 Å². The maximum atomic E-state index is 9.39. The molecular formula is C19H23NO2. The number of methoxy groups -OCH3 is 1. The first-order valence-electron chi connectivity index (χ1n) is 7.89. The van der Waals surface area contributed by atoms with Crippen molar-refractivity contribution in [2.75, 3.05) is 20.2 Å². The predicted molar refractivity (Wildman–Crippen MR) is 88.4 cm³/mol. The minimum absolute atomic E-state index is 0.346. The monoisotopic (exact) mass is 297 g/mol. The van der Waals surface area contributed by atoms with Crippen LogP contribution >= 0.6 is 0 Å². The number of hydrogen-bond donors (Lipinski definition) is 1. The minimum Gasteiger partial charge on any atom is -0.508 e. The van der Waals surface area contributed by atoms with Gasteiger partial charge < -0.3 is 9.84 Å². The molecule has 1 fully saturated rings. The van der Waals surface area contributed by atoms with Gasteiger partial charge in [-0.25, -0.2) is 0 Å². The highest BCUT2D eigenvalue weighted by atomic mass is 16.5. The highest BCUT2D eigenvalue weighted by Crippen LogP contribution is 2.29. The fourth-order valence-electron chi connectivity index (χ4n) is 3.20. The van der Waals surface area contributed by atoms with Crippen LogP contribution < -0.4 is 4.74 Å². The third kappa shape index (κ3) is 3.60. The fraction of sp³-hybridized carbons (Fsp3) is 0.368. The van der Waals surface area contributed by atoms with E-state index in [1.807, 2.05) is 6.07 Å². The molecule has 0 atom stereocenters. The summed E-state index contributed by atoms with van der Waals surface area (Å²) in [4.78, 5) is 2.51. The van der Waals surface area contributed by atoms with E-state index >= 15 is 0 Å². The average Bonchev–Trinajstić information content (AvgIpc) is 2.57. The third-order valence-corrected chi connectivity index (χ3v) is 4.49. The molecule has 0 spiro atoms. The summed E-state index contributed by atoms with van der Waals surface area (Å²) >= 11 is 0. The Hall–Kier alpha value is -2.00. The molecule has 116 valence electrons. The van der Waals surface area contributed by atoms with Crippen LogP contribution in [0.1, 0.15) is 29.9 Å². The zero-order chi connectivity index (χ0) is 15.4. The van der Waals surface area contributed by atoms with E-state index in [0.29, 0.717) is 11.7 Å². The van der Waals surface area contributed by atoms with Gasteiger partial charge in [0.2, 0.25) is 0 Å². The van der Waals surface area contributed by atoms with Crippen molar-refractivity contribution >= 4 is 0 Å². The second-order valence-corrected chi connectivity index (χ2v) is 5.99. The standard InChI is InChI=1S/C19H23NO2/c1-22-19-4-2-3-15(13-19)14-20-11-9-17(10-12-20)16-5-7-18(21)8-6-16/h2-8,13,17,21H,9-12,14H2,1H3. The number of nitrogens with zero attached hydrogens (tertiary/aromatic N) is 1. The second-order valence-electron chi connectivity index (χ2n) is 5.99. The topological polar surface area (TPSA) is 32.7 Å². The van der Waals surface area contributed by atoms with Gasteiger partial charge in [0.1, 0.15) is 11.5 Å². The van der Waals surface area contributed by atoms with Gasteiger partial charge in [-0.1, -0.05) is 24.3 Å². The average molecular weight is 297 g/mol. The molecule has 0 bridgehead atoms. The minimum atomic E-state index is 0.346. The number of phenolic OH excluding ortho intramolecular Hbond substituents is 1. The number of hydrogen-bond acceptors (Lipinski definition) is 3. The van der Waals surface area contributed by atoms with E-state index in [1.165, 1.54) is 24.0 Å². The smallest absolute Gasteiger partial charge is 0.119 e. The fourth-order valence-corrected chi connectivity index (χ4v) is 3.20. The van der Waals surface area contributed by atoms with Gasteiger partial charge in [0.15, 0.2) is 0 Å². The third-order valence-electron chi connectivity index (χ3n) is 4.49. The lowest BCUT2D eigenvalue weighted by Gasteiger charge is -2.32. The van der Waals surface area contributed by atoms with Gasteiger partial charge in [0, 0.05) is 6.54 Å². The van der Waals surface area contributed by atoms with Crippen LogP contribution in [0.2, 0.25) is 0 Å². The summed E-state index contributed by atoms with van der Waals surface area (Å²) < 4.78 is 5.29. The highest BCUT2D eigenvalue weighted by molar-refractivity contribution is 5.29. The van der Waals surface area contributed by atoms with Gasteiger partial charge in [0.05, 0.1) is 7.11 Å². The van der Waals surface area contributed by atoms with Crippen molar-refractivity contribution in [1.82, 2.24) is 4.90 Å². The van der Waals surface area contributed by atoms with Crippen LogP contribution in [0.4, 0.5) is 0 Å². The first-order valence-corrected chi connectivity index (χ1v) is 7.89. The summed E-state index contributed by atoms with van der Waals surface area (Å²) in [5.74, 6) is 1.89. The van der Waals surface area contributed by atoms with Gasteiger partial charge >= 0.3 is 0 Å². The Bertz CT molecular complexity index is 601. The zero-order valence-electron chi connectivity index (χ0n) is 13.0. The Morgan fingerprint density at radius 2 is 1.82 bits per heavy atom. The van der Waals surface area contributed by atoms with Crippen molar-refractivity contribution in [3.8, 4) is 11.5 Å². The summed E-state index contributed by atoms with van der Waals surface area (Å²) in [5.41, 5.74) is 2.65. The van der Waals surface area contributed by atoms with Gasteiger partial charge in [0.25, 0.3) is 0 Å². The highest BCUT2D eigenvalue weighted by Gasteiger charge is 2.20. The lowest BCUT2D eigenvalue weighted by Crippen LogP contribution is -2.32. The molecule has 1 aliphatic rings. The van der Waals surface area contributed by atoms with Gasteiger partial charge in [-0.15, -0.1) is 0 Å². The molecule has 0 unspecified atom stereocenters. The van der Waals surface area contributed by atoms with Crippen molar-refractivity contribution in [2.24, 2.45) is 0 Å². The molecule has 22 heavy (non-hydrogen) atoms. The van der Waals surface area contributed by atoms with Gasteiger partial charge in [-0.3, -0.25) is 4.90 Å². The van der Waals surface area contributed by atoms with E-state index in [2.05, 4.69) is 35.2 Å². The van der Waals surface area contributed by atoms with E-state index in [9.17, 15) is 5.11 Å². The first-order chi connectivity index (χ1) is 10.7. The first kappa shape index (κ1) is 14.9. The van der Waals surface area contributed by atoms with E-state index in [-0.39, 0.29) is 0 Å². The number of phenols is 1. The van der Waals surface area contributed by atoms with Crippen molar-refractivity contribution < 1.29 is 9.84 Å². The lowest BCUT2D eigenvalue weighted by atomic mass is 9.89. The molecular weight excluding hydrogens is 274 g/mol. The molecule has 1 aliphatic heterocycles. The van der Waals surface area contributed by atoms with Crippen LogP contribution in [0.15, 0.2) is 48.5 Å². The van der Waals surface area contributed by atoms with Crippen molar-refractivity contribution in [3.05, 3.63) is 59.7 Å². The van der Waals surface area contributed by atoms with E-state index in [0.717, 1.165) is 25.4 Å². The number of benzene rings is 2. The van der Waals surface area contributed by atoms with Gasteiger partial charge in [-0.05, 0) is 67.2 Å². The molecule has 3 nitrogen and oxygen atoms in total. The molecule has 0 radical (unpaired) electrons. The molecule has 0 saturated carbocycles. The summed E-state index contributed by atoms with van der Waals surface area (Å²) in [5, 5.41) is 9.39. The molecule has 1 heterocycles. The van der Waals surface area contributed by atoms with Crippen LogP contribution in [0.3, 0.4) is 0 Å². The summed E-state index contributed by atoms with van der Waals surface area (Å²) in [6.07, 6.45) is 2.35. The molecule has 0 aliphatic carbocycles. The normalized spacial score (nSPS) is 16.6. The molecule has 2 aromatic carbocycles. The number of piperidine rings is 1. The number of rotatable bonds is 4. The van der Waals surface area contributed by atoms with E-state index in [4.69, 9.17) is 4.74 Å². The number of likely N-dealkylation sites (tertiary alicyclic amines) is 1. The molecule has 0 amide bonds. The van der Waals surface area contributed by atoms with Crippen molar-refractivity contribution in [3.63, 3.8) is 0 Å². The van der Waals surface area contributed by atoms with Crippen LogP contribution in [0, 0.1) is 0 Å². The van der Waals surface area contributed by atoms with Crippen molar-refractivity contribution in [1.29, 1.82) is 0 Å². The lowest BCUT2D eigenvalue weighted by molar-refractivity contribution is 0.204. The summed E-state index contributed by atoms with van der Waals surface area (Å²) in [6, 6.07) is 16.0.